The molecule has 1 aliphatic carbocycles. The zero-order valence-electron chi connectivity index (χ0n) is 14.8. The molecule has 4 rings (SSSR count). The van der Waals surface area contributed by atoms with Crippen molar-refractivity contribution in [3.05, 3.63) is 70.5 Å². The predicted octanol–water partition coefficient (Wildman–Crippen LogP) is 4.13. The van der Waals surface area contributed by atoms with Gasteiger partial charge in [-0.25, -0.2) is 9.97 Å². The van der Waals surface area contributed by atoms with E-state index in [0.29, 0.717) is 5.82 Å². The summed E-state index contributed by atoms with van der Waals surface area (Å²) in [6.45, 7) is 4.03. The van der Waals surface area contributed by atoms with Gasteiger partial charge >= 0.3 is 0 Å². The number of nitriles is 1. The zero-order chi connectivity index (χ0) is 18.1. The molecule has 0 spiro atoms. The van der Waals surface area contributed by atoms with Crippen molar-refractivity contribution in [1.29, 1.82) is 5.26 Å². The first-order valence-corrected chi connectivity index (χ1v) is 8.72. The summed E-state index contributed by atoms with van der Waals surface area (Å²) in [6.07, 6.45) is 3.71. The molecule has 0 saturated carbocycles. The van der Waals surface area contributed by atoms with E-state index in [1.54, 1.807) is 6.20 Å². The van der Waals surface area contributed by atoms with Crippen LogP contribution in [0.15, 0.2) is 42.6 Å². The average Bonchev–Trinajstić information content (AvgIpc) is 3.08. The number of hydrogen-bond donors (Lipinski definition) is 1. The summed E-state index contributed by atoms with van der Waals surface area (Å²) in [5.74, 6) is 1.48. The van der Waals surface area contributed by atoms with Crippen LogP contribution in [-0.2, 0) is 6.42 Å². The Morgan fingerprint density at radius 1 is 1.15 bits per heavy atom. The molecule has 0 saturated heterocycles. The van der Waals surface area contributed by atoms with E-state index in [1.165, 1.54) is 11.1 Å². The first-order valence-electron chi connectivity index (χ1n) is 8.72. The van der Waals surface area contributed by atoms with Gasteiger partial charge in [-0.05, 0) is 62.1 Å². The van der Waals surface area contributed by atoms with E-state index in [0.717, 1.165) is 41.2 Å². The van der Waals surface area contributed by atoms with Crippen molar-refractivity contribution in [2.45, 2.75) is 32.7 Å². The van der Waals surface area contributed by atoms with E-state index in [-0.39, 0.29) is 6.04 Å². The molecule has 0 radical (unpaired) electrons. The maximum atomic E-state index is 9.09. The van der Waals surface area contributed by atoms with Crippen molar-refractivity contribution in [3.63, 3.8) is 0 Å². The summed E-state index contributed by atoms with van der Waals surface area (Å²) < 4.78 is 0. The number of benzene rings is 1. The molecule has 0 aliphatic heterocycles. The quantitative estimate of drug-likeness (QED) is 0.775. The Bertz CT molecular complexity index is 1000. The van der Waals surface area contributed by atoms with Crippen LogP contribution in [0.4, 0.5) is 5.82 Å². The van der Waals surface area contributed by atoms with Gasteiger partial charge in [0.1, 0.15) is 11.5 Å². The predicted molar refractivity (Wildman–Crippen MR) is 101 cm³/mol. The zero-order valence-corrected chi connectivity index (χ0v) is 14.8. The van der Waals surface area contributed by atoms with Crippen LogP contribution in [0, 0.1) is 25.2 Å². The summed E-state index contributed by atoms with van der Waals surface area (Å²) in [4.78, 5) is 13.7. The highest BCUT2D eigenvalue weighted by atomic mass is 15.1. The molecule has 5 nitrogen and oxygen atoms in total. The molecule has 0 bridgehead atoms. The van der Waals surface area contributed by atoms with Gasteiger partial charge in [-0.1, -0.05) is 12.1 Å². The summed E-state index contributed by atoms with van der Waals surface area (Å²) in [7, 11) is 0. The number of hydrogen-bond acceptors (Lipinski definition) is 5. The number of aromatic nitrogens is 3. The molecule has 5 heteroatoms. The van der Waals surface area contributed by atoms with Gasteiger partial charge in [0.05, 0.1) is 17.7 Å². The molecule has 2 heterocycles. The number of anilines is 1. The summed E-state index contributed by atoms with van der Waals surface area (Å²) >= 11 is 0. The fraction of sp³-hybridized carbons (Fsp3) is 0.238. The highest BCUT2D eigenvalue weighted by Crippen LogP contribution is 2.35. The van der Waals surface area contributed by atoms with E-state index >= 15 is 0 Å². The van der Waals surface area contributed by atoms with Gasteiger partial charge in [0.25, 0.3) is 0 Å². The second kappa shape index (κ2) is 6.57. The van der Waals surface area contributed by atoms with Crippen LogP contribution < -0.4 is 5.32 Å². The number of fused-ring (bicyclic) bond motifs is 1. The Morgan fingerprint density at radius 3 is 2.81 bits per heavy atom. The average molecular weight is 341 g/mol. The second-order valence-electron chi connectivity index (χ2n) is 6.58. The standard InChI is InChI=1S/C21H19N5/c1-13-14(2)24-21(19-5-3-4-10-23-19)26-20(13)25-18-9-7-16-11-15(12-22)6-8-17(16)18/h3-6,8,10-11,18H,7,9H2,1-2H3,(H,24,25,26). The minimum atomic E-state index is 0.197. The highest BCUT2D eigenvalue weighted by Gasteiger charge is 2.24. The van der Waals surface area contributed by atoms with Gasteiger partial charge in [-0.2, -0.15) is 5.26 Å². The molecule has 1 aliphatic rings. The lowest BCUT2D eigenvalue weighted by atomic mass is 10.1. The lowest BCUT2D eigenvalue weighted by Crippen LogP contribution is -2.12. The Balaban J connectivity index is 1.68. The van der Waals surface area contributed by atoms with E-state index in [9.17, 15) is 0 Å². The van der Waals surface area contributed by atoms with Crippen LogP contribution in [0.3, 0.4) is 0 Å². The van der Waals surface area contributed by atoms with Gasteiger partial charge in [-0.3, -0.25) is 4.98 Å². The molecule has 0 amide bonds. The van der Waals surface area contributed by atoms with Gasteiger partial charge in [-0.15, -0.1) is 0 Å². The van der Waals surface area contributed by atoms with E-state index in [1.807, 2.05) is 44.2 Å². The normalized spacial score (nSPS) is 15.3. The third kappa shape index (κ3) is 2.91. The number of rotatable bonds is 3. The van der Waals surface area contributed by atoms with Crippen LogP contribution in [0.2, 0.25) is 0 Å². The van der Waals surface area contributed by atoms with Crippen molar-refractivity contribution >= 4 is 5.82 Å². The van der Waals surface area contributed by atoms with Crippen molar-refractivity contribution in [2.75, 3.05) is 5.32 Å². The Morgan fingerprint density at radius 2 is 2.04 bits per heavy atom. The fourth-order valence-corrected chi connectivity index (χ4v) is 3.38. The van der Waals surface area contributed by atoms with Crippen LogP contribution >= 0.6 is 0 Å². The molecule has 0 fully saturated rings. The van der Waals surface area contributed by atoms with E-state index in [4.69, 9.17) is 10.2 Å². The molecule has 128 valence electrons. The summed E-state index contributed by atoms with van der Waals surface area (Å²) in [5, 5.41) is 12.7. The molecule has 1 atom stereocenters. The van der Waals surface area contributed by atoms with Crippen molar-refractivity contribution in [1.82, 2.24) is 15.0 Å². The Kier molecular flexibility index (Phi) is 4.10. The van der Waals surface area contributed by atoms with Crippen LogP contribution in [0.5, 0.6) is 0 Å². The summed E-state index contributed by atoms with van der Waals surface area (Å²) in [5.41, 5.74) is 5.97. The van der Waals surface area contributed by atoms with Crippen molar-refractivity contribution in [2.24, 2.45) is 0 Å². The third-order valence-electron chi connectivity index (χ3n) is 4.94. The lowest BCUT2D eigenvalue weighted by molar-refractivity contribution is 0.754. The summed E-state index contributed by atoms with van der Waals surface area (Å²) in [6, 6.07) is 14.1. The number of aryl methyl sites for hydroxylation is 2. The third-order valence-corrected chi connectivity index (χ3v) is 4.94. The maximum absolute atomic E-state index is 9.09. The number of nitrogens with one attached hydrogen (secondary N) is 1. The monoisotopic (exact) mass is 341 g/mol. The van der Waals surface area contributed by atoms with Crippen molar-refractivity contribution < 1.29 is 0 Å². The van der Waals surface area contributed by atoms with Crippen LogP contribution in [0.1, 0.15) is 40.4 Å². The largest absolute Gasteiger partial charge is 0.363 e. The minimum absolute atomic E-state index is 0.197. The highest BCUT2D eigenvalue weighted by molar-refractivity contribution is 5.57. The molecule has 1 aromatic carbocycles. The van der Waals surface area contributed by atoms with Crippen LogP contribution in [0.25, 0.3) is 11.5 Å². The molecular weight excluding hydrogens is 322 g/mol. The SMILES string of the molecule is Cc1nc(-c2ccccn2)nc(NC2CCc3cc(C#N)ccc32)c1C. The number of pyridine rings is 1. The molecule has 1 unspecified atom stereocenters. The topological polar surface area (TPSA) is 74.5 Å². The molecule has 3 aromatic rings. The van der Waals surface area contributed by atoms with Gasteiger partial charge in [0, 0.05) is 17.5 Å². The molecular formula is C21H19N5. The minimum Gasteiger partial charge on any atom is -0.363 e. The first kappa shape index (κ1) is 16.2. The molecule has 1 N–H and O–H groups in total. The smallest absolute Gasteiger partial charge is 0.180 e. The lowest BCUT2D eigenvalue weighted by Gasteiger charge is -2.18. The van der Waals surface area contributed by atoms with Crippen molar-refractivity contribution in [3.8, 4) is 17.6 Å². The second-order valence-corrected chi connectivity index (χ2v) is 6.58. The van der Waals surface area contributed by atoms with Gasteiger partial charge < -0.3 is 5.32 Å². The first-order chi connectivity index (χ1) is 12.7. The van der Waals surface area contributed by atoms with Gasteiger partial charge in [0.15, 0.2) is 5.82 Å². The van der Waals surface area contributed by atoms with E-state index < -0.39 is 0 Å². The van der Waals surface area contributed by atoms with Crippen LogP contribution in [-0.4, -0.2) is 15.0 Å². The molecule has 2 aromatic heterocycles. The maximum Gasteiger partial charge on any atom is 0.180 e. The fourth-order valence-electron chi connectivity index (χ4n) is 3.38. The van der Waals surface area contributed by atoms with Gasteiger partial charge in [0.2, 0.25) is 0 Å². The van der Waals surface area contributed by atoms with E-state index in [2.05, 4.69) is 27.4 Å². The Hall–Kier alpha value is -3.26. The molecule has 26 heavy (non-hydrogen) atoms. The Labute approximate surface area is 152 Å². The number of nitrogens with zero attached hydrogens (tertiary/aromatic N) is 4.